The zero-order chi connectivity index (χ0) is 24.0. The Bertz CT molecular complexity index is 1220. The zero-order valence-electron chi connectivity index (χ0n) is 18.9. The second kappa shape index (κ2) is 10.7. The molecule has 3 aromatic carbocycles. The number of amides is 2. The van der Waals surface area contributed by atoms with Crippen LogP contribution in [-0.4, -0.2) is 44.3 Å². The molecule has 1 saturated heterocycles. The van der Waals surface area contributed by atoms with Gasteiger partial charge in [-0.25, -0.2) is 8.42 Å². The number of carbonyl (C=O) groups excluding carboxylic acids is 2. The highest BCUT2D eigenvalue weighted by molar-refractivity contribution is 7.90. The monoisotopic (exact) mass is 476 g/mol. The molecule has 1 fully saturated rings. The van der Waals surface area contributed by atoms with E-state index in [0.29, 0.717) is 30.6 Å². The summed E-state index contributed by atoms with van der Waals surface area (Å²) in [5, 5.41) is 2.90. The van der Waals surface area contributed by atoms with Gasteiger partial charge in [-0.15, -0.1) is 0 Å². The van der Waals surface area contributed by atoms with Gasteiger partial charge < -0.3 is 10.2 Å². The first-order chi connectivity index (χ1) is 16.4. The van der Waals surface area contributed by atoms with E-state index >= 15 is 0 Å². The molecular formula is C27H28N2O4S. The van der Waals surface area contributed by atoms with Gasteiger partial charge in [-0.2, -0.15) is 0 Å². The maximum Gasteiger partial charge on any atom is 0.251 e. The van der Waals surface area contributed by atoms with Gasteiger partial charge in [0.15, 0.2) is 9.84 Å². The molecule has 6 nitrogen and oxygen atoms in total. The Hall–Kier alpha value is -3.45. The SMILES string of the molecule is O=C(NC(Cc1ccccc1)C(=O)N1CCCC1)c1ccc(CS(=O)(=O)c2ccccc2)cc1. The Labute approximate surface area is 200 Å². The molecule has 0 aliphatic carbocycles. The van der Waals surface area contributed by atoms with E-state index in [1.54, 1.807) is 54.6 Å². The van der Waals surface area contributed by atoms with Crippen LogP contribution in [0.2, 0.25) is 0 Å². The summed E-state index contributed by atoms with van der Waals surface area (Å²) < 4.78 is 25.2. The molecule has 1 N–H and O–H groups in total. The average molecular weight is 477 g/mol. The third-order valence-electron chi connectivity index (χ3n) is 5.98. The molecule has 1 heterocycles. The lowest BCUT2D eigenvalue weighted by atomic mass is 10.0. The maximum absolute atomic E-state index is 13.1. The molecule has 3 aromatic rings. The molecule has 1 aliphatic rings. The number of nitrogens with zero attached hydrogens (tertiary/aromatic N) is 1. The summed E-state index contributed by atoms with van der Waals surface area (Å²) in [5.74, 6) is -0.575. The number of rotatable bonds is 8. The van der Waals surface area contributed by atoms with Gasteiger partial charge in [0, 0.05) is 25.1 Å². The van der Waals surface area contributed by atoms with Gasteiger partial charge in [0.05, 0.1) is 10.6 Å². The number of carbonyl (C=O) groups is 2. The van der Waals surface area contributed by atoms with Crippen LogP contribution >= 0.6 is 0 Å². The van der Waals surface area contributed by atoms with Crippen molar-refractivity contribution in [1.29, 1.82) is 0 Å². The average Bonchev–Trinajstić information content (AvgIpc) is 3.40. The first kappa shape index (κ1) is 23.7. The van der Waals surface area contributed by atoms with Crippen molar-refractivity contribution in [1.82, 2.24) is 10.2 Å². The van der Waals surface area contributed by atoms with Crippen LogP contribution in [0, 0.1) is 0 Å². The van der Waals surface area contributed by atoms with E-state index in [0.717, 1.165) is 18.4 Å². The maximum atomic E-state index is 13.1. The second-order valence-electron chi connectivity index (χ2n) is 8.52. The van der Waals surface area contributed by atoms with Gasteiger partial charge in [-0.05, 0) is 48.2 Å². The molecule has 34 heavy (non-hydrogen) atoms. The number of benzene rings is 3. The normalized spacial score (nSPS) is 14.5. The third-order valence-corrected chi connectivity index (χ3v) is 7.68. The van der Waals surface area contributed by atoms with Crippen LogP contribution in [0.1, 0.15) is 34.3 Å². The zero-order valence-corrected chi connectivity index (χ0v) is 19.7. The van der Waals surface area contributed by atoms with Crippen molar-refractivity contribution in [2.75, 3.05) is 13.1 Å². The Morgan fingerprint density at radius 1 is 0.794 bits per heavy atom. The van der Waals surface area contributed by atoms with E-state index in [4.69, 9.17) is 0 Å². The number of nitrogens with one attached hydrogen (secondary N) is 1. The van der Waals surface area contributed by atoms with Crippen LogP contribution in [0.5, 0.6) is 0 Å². The van der Waals surface area contributed by atoms with Gasteiger partial charge in [0.2, 0.25) is 5.91 Å². The van der Waals surface area contributed by atoms with E-state index in [2.05, 4.69) is 5.32 Å². The molecule has 4 rings (SSSR count). The molecule has 7 heteroatoms. The first-order valence-electron chi connectivity index (χ1n) is 11.4. The van der Waals surface area contributed by atoms with Crippen molar-refractivity contribution in [3.63, 3.8) is 0 Å². The van der Waals surface area contributed by atoms with E-state index < -0.39 is 15.9 Å². The molecule has 0 spiro atoms. The van der Waals surface area contributed by atoms with Crippen LogP contribution in [0.3, 0.4) is 0 Å². The van der Waals surface area contributed by atoms with Crippen LogP contribution < -0.4 is 5.32 Å². The first-order valence-corrected chi connectivity index (χ1v) is 13.1. The Balaban J connectivity index is 1.46. The van der Waals surface area contributed by atoms with Crippen molar-refractivity contribution in [3.8, 4) is 0 Å². The summed E-state index contributed by atoms with van der Waals surface area (Å²) in [5.41, 5.74) is 1.95. The van der Waals surface area contributed by atoms with Crippen LogP contribution in [0.15, 0.2) is 89.8 Å². The second-order valence-corrected chi connectivity index (χ2v) is 10.5. The lowest BCUT2D eigenvalue weighted by Gasteiger charge is -2.24. The number of hydrogen-bond acceptors (Lipinski definition) is 4. The molecule has 2 amide bonds. The molecule has 1 atom stereocenters. The van der Waals surface area contributed by atoms with Crippen LogP contribution in [0.25, 0.3) is 0 Å². The quantitative estimate of drug-likeness (QED) is 0.538. The summed E-state index contributed by atoms with van der Waals surface area (Å²) in [6.07, 6.45) is 2.37. The molecule has 0 bridgehead atoms. The van der Waals surface area contributed by atoms with Crippen LogP contribution in [0.4, 0.5) is 0 Å². The number of likely N-dealkylation sites (tertiary alicyclic amines) is 1. The third kappa shape index (κ3) is 5.91. The summed E-state index contributed by atoms with van der Waals surface area (Å²) in [4.78, 5) is 28.2. The minimum absolute atomic E-state index is 0.0692. The summed E-state index contributed by atoms with van der Waals surface area (Å²) >= 11 is 0. The van der Waals surface area contributed by atoms with Gasteiger partial charge in [0.1, 0.15) is 6.04 Å². The van der Waals surface area contributed by atoms with Crippen molar-refractivity contribution in [2.45, 2.75) is 36.0 Å². The van der Waals surface area contributed by atoms with E-state index in [1.807, 2.05) is 35.2 Å². The van der Waals surface area contributed by atoms with Crippen LogP contribution in [-0.2, 0) is 26.8 Å². The standard InChI is InChI=1S/C27H28N2O4S/c30-26(23-15-13-22(14-16-23)20-34(32,33)24-11-5-2-6-12-24)28-25(19-21-9-3-1-4-10-21)27(31)29-17-7-8-18-29/h1-6,9-16,25H,7-8,17-20H2,(H,28,30). The highest BCUT2D eigenvalue weighted by atomic mass is 32.2. The fourth-order valence-corrected chi connectivity index (χ4v) is 5.50. The molecule has 0 radical (unpaired) electrons. The Kier molecular flexibility index (Phi) is 7.43. The predicted molar refractivity (Wildman–Crippen MR) is 131 cm³/mol. The molecule has 0 saturated carbocycles. The smallest absolute Gasteiger partial charge is 0.251 e. The van der Waals surface area contributed by atoms with Crippen molar-refractivity contribution in [3.05, 3.63) is 102 Å². The molecule has 1 unspecified atom stereocenters. The minimum atomic E-state index is -3.47. The van der Waals surface area contributed by atoms with Gasteiger partial charge in [-0.1, -0.05) is 60.7 Å². The summed E-state index contributed by atoms with van der Waals surface area (Å²) in [6, 6.07) is 23.7. The minimum Gasteiger partial charge on any atom is -0.341 e. The number of sulfone groups is 1. The van der Waals surface area contributed by atoms with Gasteiger partial charge >= 0.3 is 0 Å². The van der Waals surface area contributed by atoms with E-state index in [9.17, 15) is 18.0 Å². The Morgan fingerprint density at radius 2 is 1.38 bits per heavy atom. The molecular weight excluding hydrogens is 448 g/mol. The van der Waals surface area contributed by atoms with E-state index in [-0.39, 0.29) is 22.5 Å². The molecule has 0 aromatic heterocycles. The van der Waals surface area contributed by atoms with E-state index in [1.165, 1.54) is 0 Å². The lowest BCUT2D eigenvalue weighted by molar-refractivity contribution is -0.132. The molecule has 1 aliphatic heterocycles. The predicted octanol–water partition coefficient (Wildman–Crippen LogP) is 3.62. The summed E-state index contributed by atoms with van der Waals surface area (Å²) in [6.45, 7) is 1.43. The van der Waals surface area contributed by atoms with Gasteiger partial charge in [-0.3, -0.25) is 9.59 Å². The van der Waals surface area contributed by atoms with Crippen molar-refractivity contribution < 1.29 is 18.0 Å². The fraction of sp³-hybridized carbons (Fsp3) is 0.259. The largest absolute Gasteiger partial charge is 0.341 e. The van der Waals surface area contributed by atoms with Crippen molar-refractivity contribution >= 4 is 21.7 Å². The Morgan fingerprint density at radius 3 is 2.00 bits per heavy atom. The molecule has 176 valence electrons. The topological polar surface area (TPSA) is 83.6 Å². The highest BCUT2D eigenvalue weighted by Crippen LogP contribution is 2.17. The highest BCUT2D eigenvalue weighted by Gasteiger charge is 2.28. The van der Waals surface area contributed by atoms with Gasteiger partial charge in [0.25, 0.3) is 5.91 Å². The van der Waals surface area contributed by atoms with Crippen molar-refractivity contribution in [2.24, 2.45) is 0 Å². The fourth-order valence-electron chi connectivity index (χ4n) is 4.13. The summed E-state index contributed by atoms with van der Waals surface area (Å²) in [7, 11) is -3.47. The number of hydrogen-bond donors (Lipinski definition) is 1. The lowest BCUT2D eigenvalue weighted by Crippen LogP contribution is -2.49.